The molecule has 0 unspecified atom stereocenters. The SMILES string of the molecule is C=COCC(CC)([N+](=O)[O-])[N+](=O)[O-]. The van der Waals surface area contributed by atoms with Gasteiger partial charge in [-0.25, -0.2) is 0 Å². The van der Waals surface area contributed by atoms with Crippen LogP contribution in [-0.4, -0.2) is 22.1 Å². The summed E-state index contributed by atoms with van der Waals surface area (Å²) in [5, 5.41) is 20.9. The monoisotopic (exact) mass is 190 g/mol. The van der Waals surface area contributed by atoms with Crippen molar-refractivity contribution in [2.75, 3.05) is 6.61 Å². The Labute approximate surface area is 74.3 Å². The minimum Gasteiger partial charge on any atom is -0.486 e. The largest absolute Gasteiger partial charge is 0.490 e. The second kappa shape index (κ2) is 4.39. The Morgan fingerprint density at radius 2 is 1.92 bits per heavy atom. The summed E-state index contributed by atoms with van der Waals surface area (Å²) >= 11 is 0. The molecule has 0 heterocycles. The molecule has 0 atom stereocenters. The number of hydrogen-bond acceptors (Lipinski definition) is 5. The zero-order valence-electron chi connectivity index (χ0n) is 7.13. The summed E-state index contributed by atoms with van der Waals surface area (Å²) in [5.74, 6) is 0. The lowest BCUT2D eigenvalue weighted by Crippen LogP contribution is -2.49. The van der Waals surface area contributed by atoms with Crippen LogP contribution in [-0.2, 0) is 4.74 Å². The standard InChI is InChI=1S/C6H10N2O5/c1-3-6(7(9)10,8(11)12)5-13-4-2/h4H,2-3,5H2,1H3. The molecule has 0 saturated heterocycles. The smallest absolute Gasteiger partial charge is 0.486 e. The minimum absolute atomic E-state index is 0.235. The van der Waals surface area contributed by atoms with E-state index in [2.05, 4.69) is 11.3 Å². The van der Waals surface area contributed by atoms with E-state index < -0.39 is 22.1 Å². The molecule has 0 fully saturated rings. The number of rotatable bonds is 6. The van der Waals surface area contributed by atoms with Gasteiger partial charge >= 0.3 is 5.66 Å². The molecule has 7 nitrogen and oxygen atoms in total. The first-order chi connectivity index (χ1) is 6.01. The van der Waals surface area contributed by atoms with Gasteiger partial charge in [0, 0.05) is 0 Å². The van der Waals surface area contributed by atoms with E-state index in [-0.39, 0.29) is 6.42 Å². The summed E-state index contributed by atoms with van der Waals surface area (Å²) in [6.07, 6.45) is 0.707. The van der Waals surface area contributed by atoms with Gasteiger partial charge in [-0.2, -0.15) is 0 Å². The summed E-state index contributed by atoms with van der Waals surface area (Å²) < 4.78 is 4.49. The molecule has 0 spiro atoms. The number of nitrogens with zero attached hydrogens (tertiary/aromatic N) is 2. The van der Waals surface area contributed by atoms with Crippen LogP contribution in [0.15, 0.2) is 12.8 Å². The molecule has 0 aromatic heterocycles. The van der Waals surface area contributed by atoms with Crippen LogP contribution in [0.4, 0.5) is 0 Å². The van der Waals surface area contributed by atoms with Gasteiger partial charge in [0.05, 0.1) is 12.7 Å². The third-order valence-electron chi connectivity index (χ3n) is 1.68. The normalized spacial score (nSPS) is 10.5. The summed E-state index contributed by atoms with van der Waals surface area (Å²) in [5.41, 5.74) is -2.26. The highest BCUT2D eigenvalue weighted by Gasteiger charge is 2.55. The second-order valence-electron chi connectivity index (χ2n) is 2.33. The third kappa shape index (κ3) is 2.14. The fourth-order valence-corrected chi connectivity index (χ4v) is 0.725. The average Bonchev–Trinajstić information content (AvgIpc) is 2.05. The van der Waals surface area contributed by atoms with E-state index in [0.29, 0.717) is 0 Å². The van der Waals surface area contributed by atoms with E-state index >= 15 is 0 Å². The molecule has 74 valence electrons. The van der Waals surface area contributed by atoms with Gasteiger partial charge in [-0.3, -0.25) is 20.2 Å². The Bertz CT molecular complexity index is 213. The molecule has 0 amide bonds. The molecule has 0 aliphatic heterocycles. The van der Waals surface area contributed by atoms with Crippen LogP contribution in [0.5, 0.6) is 0 Å². The Balaban J connectivity index is 4.75. The molecule has 0 aliphatic rings. The Hall–Kier alpha value is -1.66. The molecule has 0 aromatic carbocycles. The van der Waals surface area contributed by atoms with Crippen LogP contribution in [0.2, 0.25) is 0 Å². The molecule has 0 aliphatic carbocycles. The molecule has 0 rings (SSSR count). The van der Waals surface area contributed by atoms with Crippen LogP contribution in [0.3, 0.4) is 0 Å². The maximum absolute atomic E-state index is 10.4. The average molecular weight is 190 g/mol. The Morgan fingerprint density at radius 3 is 2.15 bits per heavy atom. The number of ether oxygens (including phenoxy) is 1. The Morgan fingerprint density at radius 1 is 1.46 bits per heavy atom. The van der Waals surface area contributed by atoms with E-state index in [1.54, 1.807) is 0 Å². The van der Waals surface area contributed by atoms with Gasteiger partial charge in [0.25, 0.3) is 0 Å². The summed E-state index contributed by atoms with van der Waals surface area (Å²) in [6.45, 7) is 3.90. The van der Waals surface area contributed by atoms with Crippen molar-refractivity contribution >= 4 is 0 Å². The highest BCUT2D eigenvalue weighted by Crippen LogP contribution is 2.16. The zero-order chi connectivity index (χ0) is 10.5. The third-order valence-corrected chi connectivity index (χ3v) is 1.68. The molecular formula is C6H10N2O5. The quantitative estimate of drug-likeness (QED) is 0.267. The van der Waals surface area contributed by atoms with Gasteiger partial charge < -0.3 is 4.74 Å². The summed E-state index contributed by atoms with van der Waals surface area (Å²) in [7, 11) is 0. The molecule has 7 heteroatoms. The molecule has 0 saturated carbocycles. The van der Waals surface area contributed by atoms with Crippen molar-refractivity contribution in [1.29, 1.82) is 0 Å². The first-order valence-corrected chi connectivity index (χ1v) is 3.52. The zero-order valence-corrected chi connectivity index (χ0v) is 7.13. The van der Waals surface area contributed by atoms with Crippen molar-refractivity contribution in [2.24, 2.45) is 0 Å². The van der Waals surface area contributed by atoms with Gasteiger partial charge in [-0.05, 0) is 0 Å². The maximum atomic E-state index is 10.4. The fraction of sp³-hybridized carbons (Fsp3) is 0.667. The van der Waals surface area contributed by atoms with Crippen molar-refractivity contribution in [1.82, 2.24) is 0 Å². The highest BCUT2D eigenvalue weighted by atomic mass is 16.7. The second-order valence-corrected chi connectivity index (χ2v) is 2.33. The van der Waals surface area contributed by atoms with Crippen LogP contribution in [0.1, 0.15) is 13.3 Å². The molecule has 0 bridgehead atoms. The van der Waals surface area contributed by atoms with Gasteiger partial charge in [-0.15, -0.1) is 0 Å². The van der Waals surface area contributed by atoms with E-state index in [1.165, 1.54) is 6.92 Å². The van der Waals surface area contributed by atoms with Gasteiger partial charge in [-0.1, -0.05) is 13.5 Å². The van der Waals surface area contributed by atoms with Crippen molar-refractivity contribution in [3.63, 3.8) is 0 Å². The van der Waals surface area contributed by atoms with Crippen LogP contribution in [0.25, 0.3) is 0 Å². The van der Waals surface area contributed by atoms with E-state index in [0.717, 1.165) is 6.26 Å². The van der Waals surface area contributed by atoms with Crippen LogP contribution < -0.4 is 0 Å². The molecule has 0 N–H and O–H groups in total. The lowest BCUT2D eigenvalue weighted by atomic mass is 10.1. The Kier molecular flexibility index (Phi) is 3.83. The van der Waals surface area contributed by atoms with E-state index in [9.17, 15) is 20.2 Å². The molecular weight excluding hydrogens is 180 g/mol. The molecule has 0 aromatic rings. The first kappa shape index (κ1) is 11.3. The fourth-order valence-electron chi connectivity index (χ4n) is 0.725. The van der Waals surface area contributed by atoms with Crippen molar-refractivity contribution in [2.45, 2.75) is 19.0 Å². The topological polar surface area (TPSA) is 95.5 Å². The number of hydrogen-bond donors (Lipinski definition) is 0. The summed E-state index contributed by atoms with van der Waals surface area (Å²) in [6, 6.07) is 0. The lowest BCUT2D eigenvalue weighted by Gasteiger charge is -2.14. The predicted molar refractivity (Wildman–Crippen MR) is 43.2 cm³/mol. The lowest BCUT2D eigenvalue weighted by molar-refractivity contribution is -0.798. The molecule has 13 heavy (non-hydrogen) atoms. The first-order valence-electron chi connectivity index (χ1n) is 3.52. The van der Waals surface area contributed by atoms with E-state index in [4.69, 9.17) is 0 Å². The number of nitro groups is 2. The summed E-state index contributed by atoms with van der Waals surface area (Å²) in [4.78, 5) is 19.0. The maximum Gasteiger partial charge on any atom is 0.490 e. The van der Waals surface area contributed by atoms with Crippen LogP contribution >= 0.6 is 0 Å². The van der Waals surface area contributed by atoms with Crippen molar-refractivity contribution in [3.05, 3.63) is 33.1 Å². The van der Waals surface area contributed by atoms with Gasteiger partial charge in [0.15, 0.2) is 0 Å². The van der Waals surface area contributed by atoms with Crippen LogP contribution in [0, 0.1) is 20.2 Å². The highest BCUT2D eigenvalue weighted by molar-refractivity contribution is 4.66. The predicted octanol–water partition coefficient (Wildman–Crippen LogP) is 0.806. The van der Waals surface area contributed by atoms with Gasteiger partial charge in [0.2, 0.25) is 6.61 Å². The van der Waals surface area contributed by atoms with Gasteiger partial charge in [0.1, 0.15) is 9.85 Å². The van der Waals surface area contributed by atoms with Crippen molar-refractivity contribution in [3.8, 4) is 0 Å². The molecule has 0 radical (unpaired) electrons. The van der Waals surface area contributed by atoms with E-state index in [1.807, 2.05) is 0 Å². The van der Waals surface area contributed by atoms with Crippen molar-refractivity contribution < 1.29 is 14.6 Å². The minimum atomic E-state index is -2.26.